The minimum absolute atomic E-state index is 0.493. The Bertz CT molecular complexity index is 355. The standard InChI is InChI=1S/C13H19Cl2NO/c1-9(2)10(3)16-6-7-17-11-4-5-12(14)13(15)8-11/h4-5,8-10,16H,6-7H2,1-3H3. The molecule has 0 aromatic heterocycles. The molecule has 0 saturated carbocycles. The lowest BCUT2D eigenvalue weighted by Gasteiger charge is -2.17. The minimum Gasteiger partial charge on any atom is -0.492 e. The van der Waals surface area contributed by atoms with Crippen LogP contribution in [-0.2, 0) is 0 Å². The summed E-state index contributed by atoms with van der Waals surface area (Å²) in [4.78, 5) is 0. The van der Waals surface area contributed by atoms with E-state index in [-0.39, 0.29) is 0 Å². The van der Waals surface area contributed by atoms with E-state index in [0.717, 1.165) is 12.3 Å². The van der Waals surface area contributed by atoms with Gasteiger partial charge in [0.2, 0.25) is 0 Å². The zero-order valence-corrected chi connectivity index (χ0v) is 12.0. The molecule has 1 atom stereocenters. The fraction of sp³-hybridized carbons (Fsp3) is 0.538. The highest BCUT2D eigenvalue weighted by Crippen LogP contribution is 2.26. The fourth-order valence-corrected chi connectivity index (χ4v) is 1.55. The molecule has 1 rings (SSSR count). The van der Waals surface area contributed by atoms with Gasteiger partial charge in [0.05, 0.1) is 10.0 Å². The van der Waals surface area contributed by atoms with Crippen LogP contribution in [0, 0.1) is 5.92 Å². The van der Waals surface area contributed by atoms with Gasteiger partial charge in [-0.3, -0.25) is 0 Å². The van der Waals surface area contributed by atoms with Crippen LogP contribution in [0.25, 0.3) is 0 Å². The molecule has 0 aliphatic rings. The summed E-state index contributed by atoms with van der Waals surface area (Å²) in [5, 5.41) is 4.46. The van der Waals surface area contributed by atoms with Crippen molar-refractivity contribution >= 4 is 23.2 Å². The molecule has 0 aliphatic heterocycles. The fourth-order valence-electron chi connectivity index (χ4n) is 1.26. The topological polar surface area (TPSA) is 21.3 Å². The molecule has 0 aliphatic carbocycles. The Hall–Kier alpha value is -0.440. The van der Waals surface area contributed by atoms with Gasteiger partial charge in [-0.2, -0.15) is 0 Å². The molecule has 1 aromatic carbocycles. The Morgan fingerprint density at radius 3 is 2.47 bits per heavy atom. The zero-order chi connectivity index (χ0) is 12.8. The average molecular weight is 276 g/mol. The summed E-state index contributed by atoms with van der Waals surface area (Å²) in [6.07, 6.45) is 0. The normalized spacial score (nSPS) is 12.8. The highest BCUT2D eigenvalue weighted by atomic mass is 35.5. The summed E-state index contributed by atoms with van der Waals surface area (Å²) in [5.41, 5.74) is 0. The number of benzene rings is 1. The highest BCUT2D eigenvalue weighted by Gasteiger charge is 2.05. The van der Waals surface area contributed by atoms with Crippen molar-refractivity contribution in [3.8, 4) is 5.75 Å². The molecular weight excluding hydrogens is 257 g/mol. The van der Waals surface area contributed by atoms with Crippen LogP contribution < -0.4 is 10.1 Å². The van der Waals surface area contributed by atoms with Gasteiger partial charge in [0.15, 0.2) is 0 Å². The Morgan fingerprint density at radius 1 is 1.18 bits per heavy atom. The van der Waals surface area contributed by atoms with Crippen molar-refractivity contribution < 1.29 is 4.74 Å². The SMILES string of the molecule is CC(C)C(C)NCCOc1ccc(Cl)c(Cl)c1. The van der Waals surface area contributed by atoms with Crippen molar-refractivity contribution in [1.29, 1.82) is 0 Å². The summed E-state index contributed by atoms with van der Waals surface area (Å²) in [7, 11) is 0. The number of rotatable bonds is 6. The van der Waals surface area contributed by atoms with Crippen LogP contribution in [-0.4, -0.2) is 19.2 Å². The van der Waals surface area contributed by atoms with Crippen molar-refractivity contribution in [3.05, 3.63) is 28.2 Å². The molecule has 1 unspecified atom stereocenters. The Morgan fingerprint density at radius 2 is 1.88 bits per heavy atom. The Balaban J connectivity index is 2.29. The van der Waals surface area contributed by atoms with Gasteiger partial charge in [0.1, 0.15) is 12.4 Å². The van der Waals surface area contributed by atoms with Gasteiger partial charge in [-0.15, -0.1) is 0 Å². The molecule has 0 saturated heterocycles. The molecule has 1 N–H and O–H groups in total. The Labute approximate surface area is 113 Å². The van der Waals surface area contributed by atoms with E-state index in [2.05, 4.69) is 26.1 Å². The van der Waals surface area contributed by atoms with Crippen molar-refractivity contribution in [1.82, 2.24) is 5.32 Å². The lowest BCUT2D eigenvalue weighted by atomic mass is 10.1. The monoisotopic (exact) mass is 275 g/mol. The first-order valence-corrected chi connectivity index (χ1v) is 6.57. The first kappa shape index (κ1) is 14.6. The maximum atomic E-state index is 5.89. The highest BCUT2D eigenvalue weighted by molar-refractivity contribution is 6.42. The van der Waals surface area contributed by atoms with E-state index in [1.807, 2.05) is 6.07 Å². The zero-order valence-electron chi connectivity index (χ0n) is 10.5. The van der Waals surface area contributed by atoms with Gasteiger partial charge < -0.3 is 10.1 Å². The van der Waals surface area contributed by atoms with Crippen LogP contribution in [0.15, 0.2) is 18.2 Å². The summed E-state index contributed by atoms with van der Waals surface area (Å²) in [5.74, 6) is 1.37. The second kappa shape index (κ2) is 7.10. The average Bonchev–Trinajstić information content (AvgIpc) is 2.28. The maximum Gasteiger partial charge on any atom is 0.120 e. The van der Waals surface area contributed by atoms with Gasteiger partial charge >= 0.3 is 0 Å². The summed E-state index contributed by atoms with van der Waals surface area (Å²) in [6, 6.07) is 5.78. The molecule has 0 amide bonds. The predicted octanol–water partition coefficient (Wildman–Crippen LogP) is 4.01. The van der Waals surface area contributed by atoms with Crippen LogP contribution in [0.3, 0.4) is 0 Å². The molecule has 1 aromatic rings. The van der Waals surface area contributed by atoms with E-state index in [9.17, 15) is 0 Å². The number of ether oxygens (including phenoxy) is 1. The van der Waals surface area contributed by atoms with Crippen LogP contribution >= 0.6 is 23.2 Å². The molecule has 0 heterocycles. The van der Waals surface area contributed by atoms with E-state index < -0.39 is 0 Å². The van der Waals surface area contributed by atoms with Gasteiger partial charge in [-0.25, -0.2) is 0 Å². The van der Waals surface area contributed by atoms with E-state index in [1.165, 1.54) is 0 Å². The first-order valence-electron chi connectivity index (χ1n) is 5.82. The van der Waals surface area contributed by atoms with Crippen molar-refractivity contribution in [3.63, 3.8) is 0 Å². The predicted molar refractivity (Wildman–Crippen MR) is 74.3 cm³/mol. The summed E-state index contributed by atoms with van der Waals surface area (Å²) in [6.45, 7) is 7.99. The molecule has 96 valence electrons. The second-order valence-electron chi connectivity index (χ2n) is 4.41. The minimum atomic E-state index is 0.493. The van der Waals surface area contributed by atoms with Crippen LogP contribution in [0.2, 0.25) is 10.0 Å². The van der Waals surface area contributed by atoms with Crippen LogP contribution in [0.1, 0.15) is 20.8 Å². The van der Waals surface area contributed by atoms with E-state index >= 15 is 0 Å². The first-order chi connectivity index (χ1) is 8.00. The smallest absolute Gasteiger partial charge is 0.120 e. The third-order valence-electron chi connectivity index (χ3n) is 2.73. The van der Waals surface area contributed by atoms with Gasteiger partial charge in [-0.05, 0) is 25.0 Å². The summed E-state index contributed by atoms with van der Waals surface area (Å²) < 4.78 is 5.57. The van der Waals surface area contributed by atoms with E-state index in [4.69, 9.17) is 27.9 Å². The number of hydrogen-bond donors (Lipinski definition) is 1. The quantitative estimate of drug-likeness (QED) is 0.793. The number of halogens is 2. The molecule has 0 spiro atoms. The lowest BCUT2D eigenvalue weighted by Crippen LogP contribution is -2.33. The van der Waals surface area contributed by atoms with Crippen molar-refractivity contribution in [2.24, 2.45) is 5.92 Å². The van der Waals surface area contributed by atoms with Crippen molar-refractivity contribution in [2.45, 2.75) is 26.8 Å². The molecule has 2 nitrogen and oxygen atoms in total. The van der Waals surface area contributed by atoms with Gasteiger partial charge in [0.25, 0.3) is 0 Å². The second-order valence-corrected chi connectivity index (χ2v) is 5.23. The van der Waals surface area contributed by atoms with E-state index in [1.54, 1.807) is 12.1 Å². The molecule has 0 radical (unpaired) electrons. The summed E-state index contributed by atoms with van der Waals surface area (Å²) >= 11 is 11.7. The molecule has 0 fully saturated rings. The van der Waals surface area contributed by atoms with Crippen LogP contribution in [0.5, 0.6) is 5.75 Å². The van der Waals surface area contributed by atoms with Crippen LogP contribution in [0.4, 0.5) is 0 Å². The third-order valence-corrected chi connectivity index (χ3v) is 3.47. The van der Waals surface area contributed by atoms with Gasteiger partial charge in [0, 0.05) is 18.7 Å². The number of nitrogens with one attached hydrogen (secondary N) is 1. The largest absolute Gasteiger partial charge is 0.492 e. The maximum absolute atomic E-state index is 5.89. The third kappa shape index (κ3) is 5.15. The van der Waals surface area contributed by atoms with Crippen molar-refractivity contribution in [2.75, 3.05) is 13.2 Å². The molecule has 4 heteroatoms. The molecular formula is C13H19Cl2NO. The van der Waals surface area contributed by atoms with Gasteiger partial charge in [-0.1, -0.05) is 37.0 Å². The Kier molecular flexibility index (Phi) is 6.10. The molecule has 17 heavy (non-hydrogen) atoms. The number of hydrogen-bond acceptors (Lipinski definition) is 2. The lowest BCUT2D eigenvalue weighted by molar-refractivity contribution is 0.297. The molecule has 0 bridgehead atoms. The van der Waals surface area contributed by atoms with E-state index in [0.29, 0.717) is 28.6 Å².